The van der Waals surface area contributed by atoms with Crippen LogP contribution < -0.4 is 9.47 Å². The minimum Gasteiger partial charge on any atom is -0.497 e. The van der Waals surface area contributed by atoms with Crippen molar-refractivity contribution in [1.82, 2.24) is 9.80 Å². The summed E-state index contributed by atoms with van der Waals surface area (Å²) >= 11 is 1.72. The van der Waals surface area contributed by atoms with Gasteiger partial charge in [-0.1, -0.05) is 24.3 Å². The molecule has 0 N–H and O–H groups in total. The Hall–Kier alpha value is -3.32. The lowest BCUT2D eigenvalue weighted by molar-refractivity contribution is -0.135. The topological polar surface area (TPSA) is 59.1 Å². The molecule has 178 valence electrons. The van der Waals surface area contributed by atoms with E-state index >= 15 is 0 Å². The van der Waals surface area contributed by atoms with Gasteiger partial charge in [0.1, 0.15) is 24.7 Å². The van der Waals surface area contributed by atoms with Gasteiger partial charge >= 0.3 is 0 Å². The van der Waals surface area contributed by atoms with Crippen LogP contribution in [-0.2, 0) is 11.2 Å². The Balaban J connectivity index is 1.51. The van der Waals surface area contributed by atoms with E-state index in [0.717, 1.165) is 23.3 Å². The molecule has 0 bridgehead atoms. The van der Waals surface area contributed by atoms with Gasteiger partial charge in [-0.2, -0.15) is 0 Å². The molecule has 7 heteroatoms. The molecule has 1 aromatic heterocycles. The van der Waals surface area contributed by atoms with Crippen LogP contribution in [0.3, 0.4) is 0 Å². The molecule has 34 heavy (non-hydrogen) atoms. The summed E-state index contributed by atoms with van der Waals surface area (Å²) in [6, 6.07) is 16.8. The van der Waals surface area contributed by atoms with Crippen LogP contribution in [0, 0.1) is 6.92 Å². The van der Waals surface area contributed by atoms with Gasteiger partial charge in [0.15, 0.2) is 0 Å². The molecule has 0 aliphatic carbocycles. The lowest BCUT2D eigenvalue weighted by atomic mass is 10.00. The first-order valence-corrected chi connectivity index (χ1v) is 12.4. The second-order valence-electron chi connectivity index (χ2n) is 8.28. The lowest BCUT2D eigenvalue weighted by Crippen LogP contribution is -2.47. The fourth-order valence-corrected chi connectivity index (χ4v) is 5.21. The fourth-order valence-electron chi connectivity index (χ4n) is 4.28. The first kappa shape index (κ1) is 23.8. The molecule has 0 fully saturated rings. The lowest BCUT2D eigenvalue weighted by Gasteiger charge is -2.37. The number of carbonyl (C=O) groups is 2. The summed E-state index contributed by atoms with van der Waals surface area (Å²) in [5, 5.41) is 2.07. The summed E-state index contributed by atoms with van der Waals surface area (Å²) in [4.78, 5) is 31.4. The van der Waals surface area contributed by atoms with Crippen molar-refractivity contribution in [2.75, 3.05) is 33.4 Å². The van der Waals surface area contributed by atoms with E-state index in [1.807, 2.05) is 43.0 Å². The van der Waals surface area contributed by atoms with Crippen LogP contribution in [0.4, 0.5) is 0 Å². The Morgan fingerprint density at radius 1 is 1.15 bits per heavy atom. The van der Waals surface area contributed by atoms with E-state index in [1.54, 1.807) is 47.6 Å². The Bertz CT molecular complexity index is 1160. The number of benzene rings is 2. The van der Waals surface area contributed by atoms with Crippen molar-refractivity contribution in [2.24, 2.45) is 0 Å². The number of nitrogens with zero attached hydrogens (tertiary/aromatic N) is 2. The van der Waals surface area contributed by atoms with Crippen LogP contribution in [0.25, 0.3) is 0 Å². The number of fused-ring (bicyclic) bond motifs is 1. The van der Waals surface area contributed by atoms with Crippen molar-refractivity contribution in [3.05, 3.63) is 81.5 Å². The molecule has 2 heterocycles. The van der Waals surface area contributed by atoms with Crippen LogP contribution in [0.2, 0.25) is 0 Å². The number of carbonyl (C=O) groups excluding carboxylic acids is 2. The molecule has 1 aliphatic heterocycles. The van der Waals surface area contributed by atoms with Crippen molar-refractivity contribution in [3.63, 3.8) is 0 Å². The molecule has 0 saturated carbocycles. The van der Waals surface area contributed by atoms with E-state index in [0.29, 0.717) is 31.0 Å². The molecular weight excluding hydrogens is 448 g/mol. The zero-order valence-electron chi connectivity index (χ0n) is 19.8. The molecule has 1 atom stereocenters. The summed E-state index contributed by atoms with van der Waals surface area (Å²) in [6.45, 7) is 5.33. The van der Waals surface area contributed by atoms with Gasteiger partial charge in [-0.05, 0) is 67.1 Å². The summed E-state index contributed by atoms with van der Waals surface area (Å²) in [5.41, 5.74) is 2.70. The number of rotatable bonds is 8. The monoisotopic (exact) mass is 478 g/mol. The molecular formula is C27H30N2O4S. The zero-order chi connectivity index (χ0) is 24.1. The predicted octanol–water partition coefficient (Wildman–Crippen LogP) is 4.73. The number of likely N-dealkylation sites (N-methyl/N-ethyl adjacent to an activating group) is 1. The predicted molar refractivity (Wildman–Crippen MR) is 134 cm³/mol. The second kappa shape index (κ2) is 10.7. The van der Waals surface area contributed by atoms with E-state index < -0.39 is 0 Å². The number of para-hydroxylation sites is 1. The first-order chi connectivity index (χ1) is 16.5. The third kappa shape index (κ3) is 5.09. The van der Waals surface area contributed by atoms with Crippen molar-refractivity contribution in [3.8, 4) is 11.5 Å². The van der Waals surface area contributed by atoms with Gasteiger partial charge in [0.05, 0.1) is 13.2 Å². The maximum atomic E-state index is 13.5. The maximum absolute atomic E-state index is 13.5. The van der Waals surface area contributed by atoms with Crippen LogP contribution in [0.5, 0.6) is 11.5 Å². The average molecular weight is 479 g/mol. The first-order valence-electron chi connectivity index (χ1n) is 11.5. The second-order valence-corrected chi connectivity index (χ2v) is 9.28. The van der Waals surface area contributed by atoms with E-state index in [-0.39, 0.29) is 24.4 Å². The van der Waals surface area contributed by atoms with Gasteiger partial charge in [-0.25, -0.2) is 0 Å². The third-order valence-electron chi connectivity index (χ3n) is 6.22. The highest BCUT2D eigenvalue weighted by Crippen LogP contribution is 2.34. The molecule has 0 radical (unpaired) electrons. The maximum Gasteiger partial charge on any atom is 0.254 e. The highest BCUT2D eigenvalue weighted by molar-refractivity contribution is 7.10. The number of thiophene rings is 1. The van der Waals surface area contributed by atoms with Crippen molar-refractivity contribution in [2.45, 2.75) is 26.3 Å². The normalized spacial score (nSPS) is 14.9. The fraction of sp³-hybridized carbons (Fsp3) is 0.333. The average Bonchev–Trinajstić information content (AvgIpc) is 3.35. The van der Waals surface area contributed by atoms with Crippen LogP contribution in [0.1, 0.15) is 39.3 Å². The van der Waals surface area contributed by atoms with Gasteiger partial charge in [0.25, 0.3) is 5.91 Å². The molecule has 2 amide bonds. The van der Waals surface area contributed by atoms with Crippen LogP contribution >= 0.6 is 11.3 Å². The number of ether oxygens (including phenoxy) is 2. The van der Waals surface area contributed by atoms with Gasteiger partial charge in [0.2, 0.25) is 5.91 Å². The summed E-state index contributed by atoms with van der Waals surface area (Å²) in [6.07, 6.45) is 0.815. The van der Waals surface area contributed by atoms with Crippen molar-refractivity contribution in [1.29, 1.82) is 0 Å². The highest BCUT2D eigenvalue weighted by atomic mass is 32.1. The van der Waals surface area contributed by atoms with Crippen LogP contribution in [-0.4, -0.2) is 55.0 Å². The minimum atomic E-state index is -0.187. The summed E-state index contributed by atoms with van der Waals surface area (Å²) in [7, 11) is 1.57. The number of hydrogen-bond donors (Lipinski definition) is 0. The van der Waals surface area contributed by atoms with E-state index in [1.165, 1.54) is 4.88 Å². The molecule has 2 aromatic carbocycles. The molecule has 4 rings (SSSR count). The number of amides is 2. The standard InChI is InChI=1S/C27H30N2O4S/c1-4-28(27(31)20-9-7-10-21(16-20)32-3)17-26(30)29-14-12-25-22(13-15-34-25)23(29)18-33-24-11-6-5-8-19(24)2/h5-11,13,15-16,23H,4,12,14,17-18H2,1-3H3/t23-/m1/s1. The number of methoxy groups -OCH3 is 1. The quantitative estimate of drug-likeness (QED) is 0.470. The summed E-state index contributed by atoms with van der Waals surface area (Å²) < 4.78 is 11.4. The van der Waals surface area contributed by atoms with Gasteiger partial charge in [-0.3, -0.25) is 9.59 Å². The number of hydrogen-bond acceptors (Lipinski definition) is 5. The molecule has 0 spiro atoms. The van der Waals surface area contributed by atoms with E-state index in [2.05, 4.69) is 11.4 Å². The molecule has 0 saturated heterocycles. The largest absolute Gasteiger partial charge is 0.497 e. The highest BCUT2D eigenvalue weighted by Gasteiger charge is 2.33. The molecule has 6 nitrogen and oxygen atoms in total. The Morgan fingerprint density at radius 2 is 1.97 bits per heavy atom. The Labute approximate surface area is 204 Å². The molecule has 3 aromatic rings. The SMILES string of the molecule is CCN(CC(=O)N1CCc2sccc2[C@H]1COc1ccccc1C)C(=O)c1cccc(OC)c1. The van der Waals surface area contributed by atoms with Gasteiger partial charge < -0.3 is 19.3 Å². The van der Waals surface area contributed by atoms with Gasteiger partial charge in [-0.15, -0.1) is 11.3 Å². The van der Waals surface area contributed by atoms with E-state index in [4.69, 9.17) is 9.47 Å². The zero-order valence-corrected chi connectivity index (χ0v) is 20.6. The van der Waals surface area contributed by atoms with Crippen molar-refractivity contribution >= 4 is 23.2 Å². The molecule has 1 aliphatic rings. The Morgan fingerprint density at radius 3 is 2.74 bits per heavy atom. The van der Waals surface area contributed by atoms with Crippen LogP contribution in [0.15, 0.2) is 60.0 Å². The molecule has 0 unspecified atom stereocenters. The number of aryl methyl sites for hydroxylation is 1. The third-order valence-corrected chi connectivity index (χ3v) is 7.21. The van der Waals surface area contributed by atoms with Gasteiger partial charge in [0, 0.05) is 23.5 Å². The summed E-state index contributed by atoms with van der Waals surface area (Å²) in [5.74, 6) is 1.17. The van der Waals surface area contributed by atoms with Crippen molar-refractivity contribution < 1.29 is 19.1 Å². The Kier molecular flexibility index (Phi) is 7.53. The minimum absolute atomic E-state index is 0.0207. The smallest absolute Gasteiger partial charge is 0.254 e. The van der Waals surface area contributed by atoms with E-state index in [9.17, 15) is 9.59 Å².